The first kappa shape index (κ1) is 25.0. The van der Waals surface area contributed by atoms with Gasteiger partial charge in [0.05, 0.1) is 17.6 Å². The average Bonchev–Trinajstić information content (AvgIpc) is 3.34. The number of nitrogens with one attached hydrogen (secondary N) is 2. The fourth-order valence-corrected chi connectivity index (χ4v) is 5.34. The molecule has 0 spiro atoms. The molecule has 0 fully saturated rings. The lowest BCUT2D eigenvalue weighted by Gasteiger charge is -2.11. The van der Waals surface area contributed by atoms with E-state index >= 15 is 0 Å². The molecule has 0 saturated heterocycles. The number of aromatic nitrogens is 2. The highest BCUT2D eigenvalue weighted by Gasteiger charge is 2.25. The molecule has 4 rings (SSSR count). The Kier molecular flexibility index (Phi) is 7.94. The number of hydrogen-bond acceptors (Lipinski definition) is 5. The van der Waals surface area contributed by atoms with Crippen LogP contribution in [0.4, 0.5) is 15.2 Å². The second kappa shape index (κ2) is 11.1. The quantitative estimate of drug-likeness (QED) is 0.186. The minimum Gasteiger partial charge on any atom is -0.462 e. The van der Waals surface area contributed by atoms with Crippen LogP contribution in [-0.4, -0.2) is 27.5 Å². The number of carbonyl (C=O) groups excluding carboxylic acids is 1. The maximum absolute atomic E-state index is 14.0. The first-order valence-electron chi connectivity index (χ1n) is 10.8. The van der Waals surface area contributed by atoms with Crippen molar-refractivity contribution in [3.8, 4) is 11.1 Å². The summed E-state index contributed by atoms with van der Waals surface area (Å²) in [5.41, 5.74) is 2.70. The fraction of sp³-hybridized carbons (Fsp3) is 0.160. The Morgan fingerprint density at radius 3 is 2.60 bits per heavy atom. The number of carbonyl (C=O) groups is 1. The number of aryl methyl sites for hydroxylation is 1. The largest absolute Gasteiger partial charge is 0.462 e. The average molecular weight is 574 g/mol. The molecular formula is C25H22BrFN4O2S2. The van der Waals surface area contributed by atoms with E-state index in [1.165, 1.54) is 17.4 Å². The smallest absolute Gasteiger partial charge is 0.341 e. The van der Waals surface area contributed by atoms with Crippen LogP contribution in [0.25, 0.3) is 11.1 Å². The number of halogens is 2. The van der Waals surface area contributed by atoms with Crippen LogP contribution in [0.3, 0.4) is 0 Å². The lowest BCUT2D eigenvalue weighted by molar-refractivity contribution is 0.0529. The monoisotopic (exact) mass is 572 g/mol. The van der Waals surface area contributed by atoms with Crippen molar-refractivity contribution in [3.05, 3.63) is 87.1 Å². The summed E-state index contributed by atoms with van der Waals surface area (Å²) in [5.74, 6) is -0.246. The molecule has 0 saturated carbocycles. The number of esters is 1. The zero-order valence-corrected chi connectivity index (χ0v) is 22.2. The van der Waals surface area contributed by atoms with E-state index in [1.807, 2.05) is 37.3 Å². The summed E-state index contributed by atoms with van der Waals surface area (Å²) in [6.07, 6.45) is 1.74. The van der Waals surface area contributed by atoms with Crippen molar-refractivity contribution < 1.29 is 13.9 Å². The van der Waals surface area contributed by atoms with Gasteiger partial charge in [0, 0.05) is 22.2 Å². The zero-order chi connectivity index (χ0) is 24.9. The van der Waals surface area contributed by atoms with Crippen LogP contribution < -0.4 is 10.6 Å². The van der Waals surface area contributed by atoms with Gasteiger partial charge in [-0.25, -0.2) is 9.18 Å². The third kappa shape index (κ3) is 5.77. The van der Waals surface area contributed by atoms with Crippen molar-refractivity contribution in [2.45, 2.75) is 20.4 Å². The molecule has 6 nitrogen and oxygen atoms in total. The van der Waals surface area contributed by atoms with E-state index in [0.717, 1.165) is 16.0 Å². The number of thiophene rings is 1. The van der Waals surface area contributed by atoms with Crippen LogP contribution in [0.5, 0.6) is 0 Å². The summed E-state index contributed by atoms with van der Waals surface area (Å²) in [5, 5.41) is 11.5. The van der Waals surface area contributed by atoms with Crippen molar-refractivity contribution in [1.82, 2.24) is 9.78 Å². The SMILES string of the molecule is CCOC(=O)c1c(NC(=S)Nc2nn(Cc3ccccc3F)cc2Br)sc(C)c1-c1ccccc1. The van der Waals surface area contributed by atoms with Gasteiger partial charge >= 0.3 is 5.97 Å². The van der Waals surface area contributed by atoms with Gasteiger partial charge in [-0.05, 0) is 53.6 Å². The molecule has 10 heteroatoms. The van der Waals surface area contributed by atoms with Gasteiger partial charge in [-0.15, -0.1) is 11.3 Å². The minimum atomic E-state index is -0.420. The first-order valence-corrected chi connectivity index (χ1v) is 12.8. The van der Waals surface area contributed by atoms with Gasteiger partial charge in [-0.3, -0.25) is 4.68 Å². The maximum atomic E-state index is 14.0. The van der Waals surface area contributed by atoms with Gasteiger partial charge < -0.3 is 15.4 Å². The molecule has 2 aromatic carbocycles. The van der Waals surface area contributed by atoms with E-state index in [1.54, 1.807) is 36.0 Å². The summed E-state index contributed by atoms with van der Waals surface area (Å²) in [7, 11) is 0. The van der Waals surface area contributed by atoms with Crippen LogP contribution in [0, 0.1) is 12.7 Å². The van der Waals surface area contributed by atoms with Crippen molar-refractivity contribution >= 4 is 61.4 Å². The Morgan fingerprint density at radius 2 is 1.89 bits per heavy atom. The molecule has 2 N–H and O–H groups in total. The predicted molar refractivity (Wildman–Crippen MR) is 146 cm³/mol. The van der Waals surface area contributed by atoms with E-state index in [0.29, 0.717) is 26.4 Å². The standard InChI is InChI=1S/C25H22BrFN4O2S2/c1-3-33-24(32)21-20(16-9-5-4-6-10-16)15(2)35-23(21)29-25(34)28-22-18(26)14-31(30-22)13-17-11-7-8-12-19(17)27/h4-12,14H,3,13H2,1-2H3,(H2,28,29,30,34). The van der Waals surface area contributed by atoms with E-state index in [9.17, 15) is 9.18 Å². The number of ether oxygens (including phenoxy) is 1. The molecule has 4 aromatic rings. The van der Waals surface area contributed by atoms with Gasteiger partial charge in [0.1, 0.15) is 16.4 Å². The third-order valence-corrected chi connectivity index (χ3v) is 6.90. The number of thiocarbonyl (C=S) groups is 1. The molecule has 180 valence electrons. The second-order valence-corrected chi connectivity index (χ2v) is 10.0. The Hall–Kier alpha value is -3.08. The van der Waals surface area contributed by atoms with Crippen LogP contribution in [0.2, 0.25) is 0 Å². The van der Waals surface area contributed by atoms with Crippen LogP contribution >= 0.6 is 39.5 Å². The molecule has 0 radical (unpaired) electrons. The van der Waals surface area contributed by atoms with Crippen molar-refractivity contribution in [2.75, 3.05) is 17.2 Å². The molecule has 2 aromatic heterocycles. The number of nitrogens with zero attached hydrogens (tertiary/aromatic N) is 2. The highest BCUT2D eigenvalue weighted by molar-refractivity contribution is 9.10. The highest BCUT2D eigenvalue weighted by atomic mass is 79.9. The van der Waals surface area contributed by atoms with Gasteiger partial charge in [0.15, 0.2) is 10.9 Å². The third-order valence-electron chi connectivity index (χ3n) is 5.09. The number of anilines is 2. The number of hydrogen-bond donors (Lipinski definition) is 2. The van der Waals surface area contributed by atoms with Gasteiger partial charge in [0.25, 0.3) is 0 Å². The maximum Gasteiger partial charge on any atom is 0.341 e. The van der Waals surface area contributed by atoms with E-state index in [2.05, 4.69) is 31.7 Å². The van der Waals surface area contributed by atoms with Crippen molar-refractivity contribution in [1.29, 1.82) is 0 Å². The fourth-order valence-electron chi connectivity index (χ4n) is 3.59. The summed E-state index contributed by atoms with van der Waals surface area (Å²) < 4.78 is 21.6. The van der Waals surface area contributed by atoms with Crippen LogP contribution in [0.1, 0.15) is 27.7 Å². The highest BCUT2D eigenvalue weighted by Crippen LogP contribution is 2.40. The molecule has 0 amide bonds. The molecular weight excluding hydrogens is 551 g/mol. The summed E-state index contributed by atoms with van der Waals surface area (Å²) in [4.78, 5) is 13.9. The summed E-state index contributed by atoms with van der Waals surface area (Å²) in [6, 6.07) is 16.2. The minimum absolute atomic E-state index is 0.258. The normalized spacial score (nSPS) is 10.7. The lowest BCUT2D eigenvalue weighted by Crippen LogP contribution is -2.21. The topological polar surface area (TPSA) is 68.2 Å². The van der Waals surface area contributed by atoms with Crippen molar-refractivity contribution in [3.63, 3.8) is 0 Å². The van der Waals surface area contributed by atoms with E-state index in [4.69, 9.17) is 17.0 Å². The molecule has 2 heterocycles. The van der Waals surface area contributed by atoms with Crippen LogP contribution in [-0.2, 0) is 11.3 Å². The molecule has 35 heavy (non-hydrogen) atoms. The Labute approximate surface area is 220 Å². The second-order valence-electron chi connectivity index (χ2n) is 7.52. The Bertz CT molecular complexity index is 1370. The first-order chi connectivity index (χ1) is 16.9. The van der Waals surface area contributed by atoms with Gasteiger partial charge in [-0.1, -0.05) is 48.5 Å². The molecule has 0 bridgehead atoms. The Balaban J connectivity index is 1.56. The zero-order valence-electron chi connectivity index (χ0n) is 19.0. The molecule has 0 atom stereocenters. The van der Waals surface area contributed by atoms with E-state index < -0.39 is 5.97 Å². The summed E-state index contributed by atoms with van der Waals surface area (Å²) in [6.45, 7) is 4.26. The van der Waals surface area contributed by atoms with E-state index in [-0.39, 0.29) is 24.1 Å². The number of rotatable bonds is 7. The lowest BCUT2D eigenvalue weighted by atomic mass is 10.0. The van der Waals surface area contributed by atoms with Crippen LogP contribution in [0.15, 0.2) is 65.3 Å². The predicted octanol–water partition coefficient (Wildman–Crippen LogP) is 6.86. The molecule has 0 aliphatic rings. The van der Waals surface area contributed by atoms with Crippen molar-refractivity contribution in [2.24, 2.45) is 0 Å². The number of benzene rings is 2. The molecule has 0 unspecified atom stereocenters. The Morgan fingerprint density at radius 1 is 1.17 bits per heavy atom. The summed E-state index contributed by atoms with van der Waals surface area (Å²) >= 11 is 10.4. The van der Waals surface area contributed by atoms with Gasteiger partial charge in [0.2, 0.25) is 0 Å². The molecule has 0 aliphatic carbocycles. The van der Waals surface area contributed by atoms with Gasteiger partial charge in [-0.2, -0.15) is 5.10 Å². The molecule has 0 aliphatic heterocycles.